The summed E-state index contributed by atoms with van der Waals surface area (Å²) in [6, 6.07) is 13.4. The summed E-state index contributed by atoms with van der Waals surface area (Å²) < 4.78 is 28.6. The van der Waals surface area contributed by atoms with Crippen molar-refractivity contribution in [1.82, 2.24) is 20.9 Å². The van der Waals surface area contributed by atoms with Gasteiger partial charge in [0.1, 0.15) is 10.4 Å². The zero-order chi connectivity index (χ0) is 24.8. The van der Waals surface area contributed by atoms with E-state index in [9.17, 15) is 22.8 Å². The predicted molar refractivity (Wildman–Crippen MR) is 127 cm³/mol. The number of nitrogens with zero attached hydrogens (tertiary/aromatic N) is 2. The maximum Gasteiger partial charge on any atom is 0.322 e. The van der Waals surface area contributed by atoms with Gasteiger partial charge in [0.15, 0.2) is 5.84 Å². The molecule has 3 aliphatic rings. The van der Waals surface area contributed by atoms with Crippen molar-refractivity contribution in [2.45, 2.75) is 36.7 Å². The Morgan fingerprint density at radius 1 is 1.11 bits per heavy atom. The van der Waals surface area contributed by atoms with Crippen LogP contribution in [0.1, 0.15) is 36.5 Å². The van der Waals surface area contributed by atoms with Crippen LogP contribution in [0.15, 0.2) is 57.8 Å². The van der Waals surface area contributed by atoms with Gasteiger partial charge in [0, 0.05) is 31.1 Å². The number of nitrogens with one attached hydrogen (secondary N) is 3. The number of hydrogen-bond donors (Lipinski definition) is 3. The summed E-state index contributed by atoms with van der Waals surface area (Å²) in [5, 5.41) is 7.83. The zero-order valence-electron chi connectivity index (χ0n) is 19.1. The maximum atomic E-state index is 12.8. The molecule has 10 nitrogen and oxygen atoms in total. The molecule has 0 radical (unpaired) electrons. The minimum atomic E-state index is -3.67. The SMILES string of the molecule is CC1(c2ccc(CNC(=O)C3CCN(C4=NS(=O)(=O)c5ccccc54)CC3)cc2)NC(=O)NC1=O. The highest BCUT2D eigenvalue weighted by Gasteiger charge is 2.43. The Bertz CT molecular complexity index is 1350. The molecule has 0 aromatic heterocycles. The van der Waals surface area contributed by atoms with E-state index in [0.29, 0.717) is 49.4 Å². The zero-order valence-corrected chi connectivity index (χ0v) is 19.9. The van der Waals surface area contributed by atoms with E-state index in [2.05, 4.69) is 20.3 Å². The highest BCUT2D eigenvalue weighted by atomic mass is 32.2. The molecule has 0 bridgehead atoms. The van der Waals surface area contributed by atoms with Gasteiger partial charge in [-0.1, -0.05) is 36.4 Å². The van der Waals surface area contributed by atoms with Crippen LogP contribution in [0.2, 0.25) is 0 Å². The van der Waals surface area contributed by atoms with Crippen molar-refractivity contribution < 1.29 is 22.8 Å². The van der Waals surface area contributed by atoms with Gasteiger partial charge >= 0.3 is 6.03 Å². The van der Waals surface area contributed by atoms with Gasteiger partial charge in [-0.05, 0) is 43.0 Å². The number of likely N-dealkylation sites (tertiary alicyclic amines) is 1. The van der Waals surface area contributed by atoms with Crippen LogP contribution >= 0.6 is 0 Å². The number of imide groups is 1. The van der Waals surface area contributed by atoms with Gasteiger partial charge in [-0.2, -0.15) is 8.42 Å². The van der Waals surface area contributed by atoms with E-state index in [1.165, 1.54) is 0 Å². The van der Waals surface area contributed by atoms with Crippen molar-refractivity contribution in [3.8, 4) is 0 Å². The summed E-state index contributed by atoms with van der Waals surface area (Å²) in [6.45, 7) is 3.07. The number of amides is 4. The van der Waals surface area contributed by atoms with Crippen molar-refractivity contribution >= 4 is 33.7 Å². The molecule has 3 N–H and O–H groups in total. The van der Waals surface area contributed by atoms with E-state index in [-0.39, 0.29) is 16.7 Å². The Hall–Kier alpha value is -3.73. The van der Waals surface area contributed by atoms with Gasteiger partial charge in [-0.25, -0.2) is 4.79 Å². The number of rotatable bonds is 4. The van der Waals surface area contributed by atoms with E-state index >= 15 is 0 Å². The second kappa shape index (κ2) is 8.49. The monoisotopic (exact) mass is 495 g/mol. The van der Waals surface area contributed by atoms with Gasteiger partial charge < -0.3 is 15.5 Å². The number of fused-ring (bicyclic) bond motifs is 1. The lowest BCUT2D eigenvalue weighted by atomic mass is 9.91. The molecule has 11 heteroatoms. The highest BCUT2D eigenvalue weighted by molar-refractivity contribution is 7.90. The van der Waals surface area contributed by atoms with Crippen LogP contribution in [-0.4, -0.2) is 50.1 Å². The van der Waals surface area contributed by atoms with Crippen LogP contribution in [-0.2, 0) is 31.7 Å². The van der Waals surface area contributed by atoms with Gasteiger partial charge in [0.05, 0.1) is 0 Å². The fourth-order valence-corrected chi connectivity index (χ4v) is 5.93. The minimum absolute atomic E-state index is 0.0514. The molecule has 4 amide bonds. The Labute approximate surface area is 202 Å². The molecule has 35 heavy (non-hydrogen) atoms. The van der Waals surface area contributed by atoms with Crippen molar-refractivity contribution in [2.24, 2.45) is 10.3 Å². The van der Waals surface area contributed by atoms with Gasteiger partial charge in [-0.3, -0.25) is 14.9 Å². The number of piperidine rings is 1. The maximum absolute atomic E-state index is 12.8. The molecule has 3 heterocycles. The number of carbonyl (C=O) groups excluding carboxylic acids is 3. The summed E-state index contributed by atoms with van der Waals surface area (Å²) in [6.07, 6.45) is 1.19. The highest BCUT2D eigenvalue weighted by Crippen LogP contribution is 2.30. The van der Waals surface area contributed by atoms with Crippen LogP contribution in [0.5, 0.6) is 0 Å². The lowest BCUT2D eigenvalue weighted by Gasteiger charge is -2.32. The number of benzene rings is 2. The van der Waals surface area contributed by atoms with Crippen molar-refractivity contribution in [3.05, 3.63) is 65.2 Å². The average Bonchev–Trinajstić information content (AvgIpc) is 3.29. The number of sulfonamides is 1. The predicted octanol–water partition coefficient (Wildman–Crippen LogP) is 1.22. The Balaban J connectivity index is 1.16. The quantitative estimate of drug-likeness (QED) is 0.546. The third-order valence-electron chi connectivity index (χ3n) is 6.82. The molecule has 1 unspecified atom stereocenters. The van der Waals surface area contributed by atoms with E-state index < -0.39 is 27.5 Å². The fraction of sp³-hybridized carbons (Fsp3) is 0.333. The minimum Gasteiger partial charge on any atom is -0.355 e. The fourth-order valence-electron chi connectivity index (χ4n) is 4.71. The van der Waals surface area contributed by atoms with E-state index in [1.54, 1.807) is 43.3 Å². The van der Waals surface area contributed by atoms with Gasteiger partial charge in [-0.15, -0.1) is 4.40 Å². The molecule has 2 fully saturated rings. The van der Waals surface area contributed by atoms with Gasteiger partial charge in [0.2, 0.25) is 5.91 Å². The normalized spacial score (nSPS) is 23.3. The first-order valence-electron chi connectivity index (χ1n) is 11.4. The summed E-state index contributed by atoms with van der Waals surface area (Å²) in [5.74, 6) is -0.167. The first-order chi connectivity index (χ1) is 16.7. The van der Waals surface area contributed by atoms with Crippen molar-refractivity contribution in [2.75, 3.05) is 13.1 Å². The van der Waals surface area contributed by atoms with E-state index in [1.807, 2.05) is 17.0 Å². The first-order valence-corrected chi connectivity index (χ1v) is 12.8. The van der Waals surface area contributed by atoms with Crippen LogP contribution in [0.3, 0.4) is 0 Å². The number of carbonyl (C=O) groups is 3. The van der Waals surface area contributed by atoms with E-state index in [0.717, 1.165) is 5.56 Å². The molecule has 3 aliphatic heterocycles. The number of urea groups is 1. The molecule has 1 atom stereocenters. The molecule has 0 aliphatic carbocycles. The topological polar surface area (TPSA) is 137 Å². The van der Waals surface area contributed by atoms with E-state index in [4.69, 9.17) is 0 Å². The molecule has 182 valence electrons. The first kappa shape index (κ1) is 23.0. The third kappa shape index (κ3) is 4.16. The molecular weight excluding hydrogens is 470 g/mol. The molecule has 5 rings (SSSR count). The smallest absolute Gasteiger partial charge is 0.322 e. The third-order valence-corrected chi connectivity index (χ3v) is 8.15. The average molecular weight is 496 g/mol. The van der Waals surface area contributed by atoms with Crippen LogP contribution in [0.25, 0.3) is 0 Å². The summed E-state index contributed by atoms with van der Waals surface area (Å²) >= 11 is 0. The molecule has 2 saturated heterocycles. The second-order valence-corrected chi connectivity index (χ2v) is 10.7. The van der Waals surface area contributed by atoms with Crippen LogP contribution in [0, 0.1) is 5.92 Å². The van der Waals surface area contributed by atoms with Crippen molar-refractivity contribution in [1.29, 1.82) is 0 Å². The molecule has 0 saturated carbocycles. The molecule has 0 spiro atoms. The van der Waals surface area contributed by atoms with Gasteiger partial charge in [0.25, 0.3) is 15.9 Å². The Morgan fingerprint density at radius 2 is 1.80 bits per heavy atom. The Kier molecular flexibility index (Phi) is 5.59. The van der Waals surface area contributed by atoms with Crippen molar-refractivity contribution in [3.63, 3.8) is 0 Å². The summed E-state index contributed by atoms with van der Waals surface area (Å²) in [4.78, 5) is 38.5. The van der Waals surface area contributed by atoms with Crippen LogP contribution < -0.4 is 16.0 Å². The lowest BCUT2D eigenvalue weighted by Crippen LogP contribution is -2.43. The molecule has 2 aromatic carbocycles. The standard InChI is InChI=1S/C24H25N5O5S/c1-24(22(31)26-23(32)27-24)17-8-6-15(7-9-17)14-25-21(30)16-10-12-29(13-11-16)20-18-4-2-3-5-19(18)35(33,34)28-20/h2-9,16H,10-14H2,1H3,(H,25,30)(H2,26,27,31,32). The largest absolute Gasteiger partial charge is 0.355 e. The lowest BCUT2D eigenvalue weighted by molar-refractivity contribution is -0.126. The van der Waals surface area contributed by atoms with Crippen LogP contribution in [0.4, 0.5) is 4.79 Å². The number of hydrogen-bond acceptors (Lipinski definition) is 6. The summed E-state index contributed by atoms with van der Waals surface area (Å²) in [7, 11) is -3.67. The molecular formula is C24H25N5O5S. The number of amidine groups is 1. The molecule has 2 aromatic rings. The Morgan fingerprint density at radius 3 is 2.46 bits per heavy atom. The summed E-state index contributed by atoms with van der Waals surface area (Å²) in [5.41, 5.74) is 1.02. The second-order valence-electron chi connectivity index (χ2n) is 9.10.